The zero-order valence-electron chi connectivity index (χ0n) is 11.3. The van der Waals surface area contributed by atoms with Gasteiger partial charge in [0.25, 0.3) is 0 Å². The highest BCUT2D eigenvalue weighted by molar-refractivity contribution is 5.88. The van der Waals surface area contributed by atoms with Crippen molar-refractivity contribution in [2.45, 2.75) is 25.2 Å². The van der Waals surface area contributed by atoms with Gasteiger partial charge >= 0.3 is 18.1 Å². The fourth-order valence-electron chi connectivity index (χ4n) is 1.57. The minimum absolute atomic E-state index is 0.179. The molecule has 116 valence electrons. The van der Waals surface area contributed by atoms with Crippen molar-refractivity contribution in [2.24, 2.45) is 0 Å². The molecule has 2 atom stereocenters. The standard InChI is InChI=1S/C13H14F3NO4/c1-7-3-5-8(6-4-7)10(18)9(11(19)21-2)17-12(20)13(14,15)16/h3-6,9-10,18H,1-2H3,(H,17,20)/t9-,10-/m0/s1. The number of hydrogen-bond donors (Lipinski definition) is 2. The fourth-order valence-corrected chi connectivity index (χ4v) is 1.57. The summed E-state index contributed by atoms with van der Waals surface area (Å²) in [6, 6.07) is 4.24. The molecule has 1 aromatic carbocycles. The first-order chi connectivity index (χ1) is 9.66. The van der Waals surface area contributed by atoms with Crippen LogP contribution in [0, 0.1) is 6.92 Å². The van der Waals surface area contributed by atoms with Gasteiger partial charge in [0, 0.05) is 0 Å². The molecule has 0 unspecified atom stereocenters. The first kappa shape index (κ1) is 17.0. The number of nitrogens with one attached hydrogen (secondary N) is 1. The van der Waals surface area contributed by atoms with Crippen LogP contribution in [-0.4, -0.2) is 36.3 Å². The Hall–Kier alpha value is -2.09. The second-order valence-corrected chi connectivity index (χ2v) is 4.33. The Kier molecular flexibility index (Phi) is 5.31. The lowest BCUT2D eigenvalue weighted by molar-refractivity contribution is -0.177. The zero-order valence-corrected chi connectivity index (χ0v) is 11.3. The van der Waals surface area contributed by atoms with Crippen LogP contribution >= 0.6 is 0 Å². The summed E-state index contributed by atoms with van der Waals surface area (Å²) >= 11 is 0. The van der Waals surface area contributed by atoms with E-state index >= 15 is 0 Å². The molecular formula is C13H14F3NO4. The van der Waals surface area contributed by atoms with Gasteiger partial charge < -0.3 is 15.2 Å². The quantitative estimate of drug-likeness (QED) is 0.821. The number of alkyl halides is 3. The number of rotatable bonds is 4. The number of amides is 1. The van der Waals surface area contributed by atoms with Crippen LogP contribution in [0.2, 0.25) is 0 Å². The van der Waals surface area contributed by atoms with Crippen molar-refractivity contribution in [3.05, 3.63) is 35.4 Å². The van der Waals surface area contributed by atoms with E-state index < -0.39 is 30.2 Å². The molecule has 0 saturated heterocycles. The van der Waals surface area contributed by atoms with Crippen LogP contribution in [0.3, 0.4) is 0 Å². The van der Waals surface area contributed by atoms with Crippen molar-refractivity contribution in [3.8, 4) is 0 Å². The number of carbonyl (C=O) groups is 2. The number of carbonyl (C=O) groups excluding carboxylic acids is 2. The minimum Gasteiger partial charge on any atom is -0.467 e. The van der Waals surface area contributed by atoms with E-state index in [0.29, 0.717) is 0 Å². The maximum absolute atomic E-state index is 12.2. The summed E-state index contributed by atoms with van der Waals surface area (Å²) in [6.45, 7) is 1.78. The largest absolute Gasteiger partial charge is 0.471 e. The second kappa shape index (κ2) is 6.57. The molecule has 0 aliphatic heterocycles. The van der Waals surface area contributed by atoms with Crippen LogP contribution in [-0.2, 0) is 14.3 Å². The summed E-state index contributed by atoms with van der Waals surface area (Å²) in [5.74, 6) is -3.51. The Morgan fingerprint density at radius 1 is 1.24 bits per heavy atom. The predicted molar refractivity (Wildman–Crippen MR) is 66.1 cm³/mol. The number of aliphatic hydroxyl groups excluding tert-OH is 1. The molecular weight excluding hydrogens is 291 g/mol. The van der Waals surface area contributed by atoms with Crippen LogP contribution in [0.4, 0.5) is 13.2 Å². The van der Waals surface area contributed by atoms with Crippen molar-refractivity contribution in [3.63, 3.8) is 0 Å². The molecule has 1 rings (SSSR count). The molecule has 8 heteroatoms. The van der Waals surface area contributed by atoms with Gasteiger partial charge in [0.05, 0.1) is 7.11 Å². The van der Waals surface area contributed by atoms with Gasteiger partial charge in [0.15, 0.2) is 6.04 Å². The average molecular weight is 305 g/mol. The van der Waals surface area contributed by atoms with Crippen molar-refractivity contribution < 1.29 is 32.6 Å². The maximum Gasteiger partial charge on any atom is 0.471 e. The highest BCUT2D eigenvalue weighted by Crippen LogP contribution is 2.21. The number of hydrogen-bond acceptors (Lipinski definition) is 4. The number of ether oxygens (including phenoxy) is 1. The Bertz CT molecular complexity index is 513. The molecule has 0 heterocycles. The van der Waals surface area contributed by atoms with Gasteiger partial charge in [-0.25, -0.2) is 4.79 Å². The second-order valence-electron chi connectivity index (χ2n) is 4.33. The monoisotopic (exact) mass is 305 g/mol. The van der Waals surface area contributed by atoms with Crippen LogP contribution in [0.25, 0.3) is 0 Å². The predicted octanol–water partition coefficient (Wildman–Crippen LogP) is 1.25. The number of esters is 1. The molecule has 1 amide bonds. The summed E-state index contributed by atoms with van der Waals surface area (Å²) in [5.41, 5.74) is 1.04. The van der Waals surface area contributed by atoms with Gasteiger partial charge in [0.2, 0.25) is 0 Å². The van der Waals surface area contributed by atoms with E-state index in [4.69, 9.17) is 0 Å². The Balaban J connectivity index is 2.99. The van der Waals surface area contributed by atoms with Gasteiger partial charge in [-0.3, -0.25) is 4.79 Å². The van der Waals surface area contributed by atoms with Crippen LogP contribution in [0.5, 0.6) is 0 Å². The minimum atomic E-state index is -5.17. The van der Waals surface area contributed by atoms with Crippen molar-refractivity contribution in [2.75, 3.05) is 7.11 Å². The third-order valence-electron chi connectivity index (χ3n) is 2.73. The smallest absolute Gasteiger partial charge is 0.467 e. The van der Waals surface area contributed by atoms with Crippen molar-refractivity contribution in [1.29, 1.82) is 0 Å². The van der Waals surface area contributed by atoms with Crippen molar-refractivity contribution in [1.82, 2.24) is 5.32 Å². The molecule has 21 heavy (non-hydrogen) atoms. The maximum atomic E-state index is 12.2. The van der Waals surface area contributed by atoms with E-state index in [0.717, 1.165) is 12.7 Å². The fraction of sp³-hybridized carbons (Fsp3) is 0.385. The lowest BCUT2D eigenvalue weighted by Crippen LogP contribution is -2.50. The molecule has 2 N–H and O–H groups in total. The SMILES string of the molecule is COC(=O)[C@@H](NC(=O)C(F)(F)F)[C@@H](O)c1ccc(C)cc1. The number of halogens is 3. The van der Waals surface area contributed by atoms with E-state index in [9.17, 15) is 27.9 Å². The topological polar surface area (TPSA) is 75.6 Å². The number of methoxy groups -OCH3 is 1. The Morgan fingerprint density at radius 2 is 1.76 bits per heavy atom. The van der Waals surface area contributed by atoms with Gasteiger partial charge in [-0.15, -0.1) is 0 Å². The summed E-state index contributed by atoms with van der Waals surface area (Å²) in [7, 11) is 0.941. The van der Waals surface area contributed by atoms with Gasteiger partial charge in [0.1, 0.15) is 6.10 Å². The third-order valence-corrected chi connectivity index (χ3v) is 2.73. The summed E-state index contributed by atoms with van der Waals surface area (Å²) in [4.78, 5) is 22.4. The van der Waals surface area contributed by atoms with Crippen LogP contribution in [0.15, 0.2) is 24.3 Å². The molecule has 0 aliphatic carbocycles. The van der Waals surface area contributed by atoms with Crippen LogP contribution < -0.4 is 5.32 Å². The van der Waals surface area contributed by atoms with E-state index in [1.54, 1.807) is 19.1 Å². The molecule has 0 bridgehead atoms. The molecule has 0 radical (unpaired) electrons. The molecule has 0 saturated carbocycles. The lowest BCUT2D eigenvalue weighted by atomic mass is 10.0. The van der Waals surface area contributed by atoms with E-state index in [-0.39, 0.29) is 5.56 Å². The molecule has 5 nitrogen and oxygen atoms in total. The molecule has 0 aromatic heterocycles. The number of benzene rings is 1. The van der Waals surface area contributed by atoms with Crippen molar-refractivity contribution >= 4 is 11.9 Å². The molecule has 0 fully saturated rings. The van der Waals surface area contributed by atoms with E-state index in [1.807, 2.05) is 0 Å². The molecule has 1 aromatic rings. The van der Waals surface area contributed by atoms with Crippen LogP contribution in [0.1, 0.15) is 17.2 Å². The number of aliphatic hydroxyl groups is 1. The highest BCUT2D eigenvalue weighted by atomic mass is 19.4. The third kappa shape index (κ3) is 4.45. The number of aryl methyl sites for hydroxylation is 1. The van der Waals surface area contributed by atoms with Gasteiger partial charge in [-0.2, -0.15) is 13.2 Å². The first-order valence-electron chi connectivity index (χ1n) is 5.87. The summed E-state index contributed by atoms with van der Waals surface area (Å²) in [5, 5.41) is 11.4. The normalized spacial score (nSPS) is 14.2. The van der Waals surface area contributed by atoms with E-state index in [2.05, 4.69) is 4.74 Å². The van der Waals surface area contributed by atoms with E-state index in [1.165, 1.54) is 17.4 Å². The Labute approximate surface area is 118 Å². The first-order valence-corrected chi connectivity index (χ1v) is 5.87. The lowest BCUT2D eigenvalue weighted by Gasteiger charge is -2.22. The summed E-state index contributed by atoms with van der Waals surface area (Å²) < 4.78 is 41.1. The Morgan fingerprint density at radius 3 is 2.19 bits per heavy atom. The zero-order chi connectivity index (χ0) is 16.2. The van der Waals surface area contributed by atoms with Gasteiger partial charge in [-0.1, -0.05) is 29.8 Å². The van der Waals surface area contributed by atoms with Gasteiger partial charge in [-0.05, 0) is 12.5 Å². The molecule has 0 spiro atoms. The summed E-state index contributed by atoms with van der Waals surface area (Å²) in [6.07, 6.45) is -6.83. The average Bonchev–Trinajstić information content (AvgIpc) is 2.42. The highest BCUT2D eigenvalue weighted by Gasteiger charge is 2.42. The molecule has 0 aliphatic rings.